The number of H-pyrrole nitrogens is 1. The molecule has 120 valence electrons. The summed E-state index contributed by atoms with van der Waals surface area (Å²) in [4.78, 5) is 37.0. The van der Waals surface area contributed by atoms with Gasteiger partial charge in [-0.2, -0.15) is 5.10 Å². The molecule has 0 bridgehead atoms. The van der Waals surface area contributed by atoms with Crippen LogP contribution in [0.25, 0.3) is 0 Å². The summed E-state index contributed by atoms with van der Waals surface area (Å²) >= 11 is 0. The first-order chi connectivity index (χ1) is 11.0. The number of carbonyl (C=O) groups is 2. The van der Waals surface area contributed by atoms with Gasteiger partial charge >= 0.3 is 0 Å². The molecule has 0 saturated heterocycles. The molecule has 0 saturated carbocycles. The first-order valence-corrected chi connectivity index (χ1v) is 7.31. The summed E-state index contributed by atoms with van der Waals surface area (Å²) < 4.78 is 0. The standard InChI is InChI=1S/C16H18N4O3/c1-3-20(4-2)16(23)11-6-5-7-12(10-11)17-15(22)13-8-9-14(21)19-18-13/h5-10H,3-4H2,1-2H3,(H,17,22)(H,19,21). The Morgan fingerprint density at radius 2 is 1.91 bits per heavy atom. The van der Waals surface area contributed by atoms with Crippen LogP contribution in [0.2, 0.25) is 0 Å². The Morgan fingerprint density at radius 1 is 1.17 bits per heavy atom. The van der Waals surface area contributed by atoms with Crippen molar-refractivity contribution in [3.05, 3.63) is 58.0 Å². The molecule has 0 atom stereocenters. The van der Waals surface area contributed by atoms with Crippen LogP contribution in [-0.2, 0) is 0 Å². The second kappa shape index (κ2) is 7.35. The molecule has 0 spiro atoms. The van der Waals surface area contributed by atoms with Gasteiger partial charge in [0.2, 0.25) is 0 Å². The van der Waals surface area contributed by atoms with Crippen molar-refractivity contribution in [3.63, 3.8) is 0 Å². The number of nitrogens with one attached hydrogen (secondary N) is 2. The highest BCUT2D eigenvalue weighted by atomic mass is 16.2. The summed E-state index contributed by atoms with van der Waals surface area (Å²) in [5, 5.41) is 8.51. The van der Waals surface area contributed by atoms with Crippen molar-refractivity contribution in [2.24, 2.45) is 0 Å². The van der Waals surface area contributed by atoms with Gasteiger partial charge in [0.25, 0.3) is 17.4 Å². The lowest BCUT2D eigenvalue weighted by Gasteiger charge is -2.19. The SMILES string of the molecule is CCN(CC)C(=O)c1cccc(NC(=O)c2ccc(=O)[nH]n2)c1. The maximum absolute atomic E-state index is 12.3. The Morgan fingerprint density at radius 3 is 2.52 bits per heavy atom. The fourth-order valence-corrected chi connectivity index (χ4v) is 2.09. The molecule has 0 unspecified atom stereocenters. The minimum atomic E-state index is -0.464. The average molecular weight is 314 g/mol. The first-order valence-electron chi connectivity index (χ1n) is 7.31. The van der Waals surface area contributed by atoms with E-state index in [0.717, 1.165) is 0 Å². The number of carbonyl (C=O) groups excluding carboxylic acids is 2. The van der Waals surface area contributed by atoms with E-state index in [9.17, 15) is 14.4 Å². The molecule has 2 amide bonds. The Kier molecular flexibility index (Phi) is 5.24. The Bertz CT molecular complexity index is 745. The summed E-state index contributed by atoms with van der Waals surface area (Å²) in [6.45, 7) is 5.06. The lowest BCUT2D eigenvalue weighted by molar-refractivity contribution is 0.0772. The molecule has 0 fully saturated rings. The summed E-state index contributed by atoms with van der Waals surface area (Å²) in [5.74, 6) is -0.554. The van der Waals surface area contributed by atoms with Gasteiger partial charge in [0.15, 0.2) is 0 Å². The summed E-state index contributed by atoms with van der Waals surface area (Å²) in [5.41, 5.74) is 0.695. The van der Waals surface area contributed by atoms with Crippen LogP contribution in [0, 0.1) is 0 Å². The number of aromatic amines is 1. The number of benzene rings is 1. The van der Waals surface area contributed by atoms with Crippen molar-refractivity contribution in [2.45, 2.75) is 13.8 Å². The molecule has 2 N–H and O–H groups in total. The van der Waals surface area contributed by atoms with Gasteiger partial charge in [0.1, 0.15) is 5.69 Å². The van der Waals surface area contributed by atoms with E-state index in [1.165, 1.54) is 12.1 Å². The zero-order valence-electron chi connectivity index (χ0n) is 13.0. The number of aromatic nitrogens is 2. The van der Waals surface area contributed by atoms with Crippen LogP contribution in [0.1, 0.15) is 34.7 Å². The zero-order chi connectivity index (χ0) is 16.8. The number of hydrogen-bond acceptors (Lipinski definition) is 4. The van der Waals surface area contributed by atoms with Crippen LogP contribution < -0.4 is 10.9 Å². The molecule has 0 aliphatic heterocycles. The van der Waals surface area contributed by atoms with Crippen molar-refractivity contribution in [3.8, 4) is 0 Å². The number of rotatable bonds is 5. The summed E-state index contributed by atoms with van der Waals surface area (Å²) in [6.07, 6.45) is 0. The fraction of sp³-hybridized carbons (Fsp3) is 0.250. The van der Waals surface area contributed by atoms with Crippen LogP contribution in [0.5, 0.6) is 0 Å². The summed E-state index contributed by atoms with van der Waals surface area (Å²) in [7, 11) is 0. The maximum Gasteiger partial charge on any atom is 0.276 e. The Balaban J connectivity index is 2.16. The van der Waals surface area contributed by atoms with E-state index >= 15 is 0 Å². The van der Waals surface area contributed by atoms with E-state index in [1.54, 1.807) is 29.2 Å². The molecule has 0 aliphatic carbocycles. The van der Waals surface area contributed by atoms with E-state index in [1.807, 2.05) is 13.8 Å². The highest BCUT2D eigenvalue weighted by molar-refractivity contribution is 6.03. The fourth-order valence-electron chi connectivity index (χ4n) is 2.09. The third-order valence-corrected chi connectivity index (χ3v) is 3.33. The second-order valence-electron chi connectivity index (χ2n) is 4.82. The average Bonchev–Trinajstić information content (AvgIpc) is 2.56. The predicted octanol–water partition coefficient (Wildman–Crippen LogP) is 1.50. The van der Waals surface area contributed by atoms with Crippen molar-refractivity contribution in [1.82, 2.24) is 15.1 Å². The van der Waals surface area contributed by atoms with Gasteiger partial charge in [0, 0.05) is 30.4 Å². The van der Waals surface area contributed by atoms with E-state index in [4.69, 9.17) is 0 Å². The molecule has 7 nitrogen and oxygen atoms in total. The molecule has 2 rings (SSSR count). The van der Waals surface area contributed by atoms with Gasteiger partial charge in [-0.1, -0.05) is 6.07 Å². The first kappa shape index (κ1) is 16.4. The number of hydrogen-bond donors (Lipinski definition) is 2. The van der Waals surface area contributed by atoms with Crippen LogP contribution in [0.4, 0.5) is 5.69 Å². The van der Waals surface area contributed by atoms with E-state index < -0.39 is 5.91 Å². The van der Waals surface area contributed by atoms with Gasteiger partial charge < -0.3 is 10.2 Å². The lowest BCUT2D eigenvalue weighted by Crippen LogP contribution is -2.30. The molecule has 1 aromatic heterocycles. The quantitative estimate of drug-likeness (QED) is 0.874. The summed E-state index contributed by atoms with van der Waals surface area (Å²) in [6, 6.07) is 9.26. The molecule has 0 radical (unpaired) electrons. The van der Waals surface area contributed by atoms with Gasteiger partial charge in [-0.25, -0.2) is 5.10 Å². The molecular weight excluding hydrogens is 296 g/mol. The molecule has 0 aliphatic rings. The van der Waals surface area contributed by atoms with Crippen molar-refractivity contribution >= 4 is 17.5 Å². The zero-order valence-corrected chi connectivity index (χ0v) is 13.0. The van der Waals surface area contributed by atoms with E-state index in [2.05, 4.69) is 15.5 Å². The van der Waals surface area contributed by atoms with Gasteiger partial charge in [0.05, 0.1) is 0 Å². The van der Waals surface area contributed by atoms with Gasteiger partial charge in [-0.15, -0.1) is 0 Å². The van der Waals surface area contributed by atoms with Gasteiger partial charge in [-0.3, -0.25) is 14.4 Å². The highest BCUT2D eigenvalue weighted by Gasteiger charge is 2.14. The number of nitrogens with zero attached hydrogens (tertiary/aromatic N) is 2. The molecular formula is C16H18N4O3. The molecule has 7 heteroatoms. The molecule has 1 heterocycles. The van der Waals surface area contributed by atoms with Crippen LogP contribution in [-0.4, -0.2) is 40.0 Å². The third-order valence-electron chi connectivity index (χ3n) is 3.33. The van der Waals surface area contributed by atoms with Crippen LogP contribution in [0.15, 0.2) is 41.2 Å². The predicted molar refractivity (Wildman–Crippen MR) is 86.5 cm³/mol. The third kappa shape index (κ3) is 4.03. The minimum Gasteiger partial charge on any atom is -0.339 e. The molecule has 1 aromatic carbocycles. The van der Waals surface area contributed by atoms with Crippen molar-refractivity contribution in [2.75, 3.05) is 18.4 Å². The Hall–Kier alpha value is -2.96. The van der Waals surface area contributed by atoms with Crippen molar-refractivity contribution < 1.29 is 9.59 Å². The largest absolute Gasteiger partial charge is 0.339 e. The van der Waals surface area contributed by atoms with Gasteiger partial charge in [-0.05, 0) is 38.1 Å². The topological polar surface area (TPSA) is 95.2 Å². The number of anilines is 1. The monoisotopic (exact) mass is 314 g/mol. The minimum absolute atomic E-state index is 0.0880. The van der Waals surface area contributed by atoms with Crippen LogP contribution in [0.3, 0.4) is 0 Å². The normalized spacial score (nSPS) is 10.2. The van der Waals surface area contributed by atoms with Crippen LogP contribution >= 0.6 is 0 Å². The lowest BCUT2D eigenvalue weighted by atomic mass is 10.1. The Labute approximate surface area is 133 Å². The highest BCUT2D eigenvalue weighted by Crippen LogP contribution is 2.13. The number of amides is 2. The van der Waals surface area contributed by atoms with Crippen molar-refractivity contribution in [1.29, 1.82) is 0 Å². The molecule has 2 aromatic rings. The molecule has 23 heavy (non-hydrogen) atoms. The second-order valence-corrected chi connectivity index (χ2v) is 4.82. The van der Waals surface area contributed by atoms with E-state index in [-0.39, 0.29) is 17.2 Å². The van der Waals surface area contributed by atoms with E-state index in [0.29, 0.717) is 24.3 Å². The smallest absolute Gasteiger partial charge is 0.276 e. The maximum atomic E-state index is 12.3.